The smallest absolute Gasteiger partial charge is 0.338 e. The molecule has 0 aliphatic heterocycles. The minimum absolute atomic E-state index is 0.0836. The number of aromatic nitrogens is 2. The minimum atomic E-state index is -3.58. The van der Waals surface area contributed by atoms with Gasteiger partial charge in [0.05, 0.1) is 47.3 Å². The van der Waals surface area contributed by atoms with Gasteiger partial charge < -0.3 is 23.8 Å². The quantitative estimate of drug-likeness (QED) is 0.135. The lowest BCUT2D eigenvalue weighted by molar-refractivity contribution is -0.116. The van der Waals surface area contributed by atoms with Gasteiger partial charge in [0.2, 0.25) is 0 Å². The van der Waals surface area contributed by atoms with Crippen molar-refractivity contribution in [3.05, 3.63) is 82.8 Å². The van der Waals surface area contributed by atoms with Crippen molar-refractivity contribution in [1.29, 1.82) is 5.26 Å². The van der Waals surface area contributed by atoms with Crippen LogP contribution in [0.25, 0.3) is 10.9 Å². The van der Waals surface area contributed by atoms with E-state index in [1.807, 2.05) is 25.1 Å². The number of nitrogens with one attached hydrogen (secondary N) is 1. The summed E-state index contributed by atoms with van der Waals surface area (Å²) in [6.07, 6.45) is 2.71. The molecule has 0 saturated carbocycles. The van der Waals surface area contributed by atoms with E-state index in [9.17, 15) is 14.6 Å². The number of nitrogens with zero attached hydrogens (tertiary/aromatic N) is 3. The van der Waals surface area contributed by atoms with E-state index in [1.165, 1.54) is 6.20 Å². The Labute approximate surface area is 255 Å². The standard InChI is InChI=1S/C31H32ClN4O6P/c1-4-39-30-16-28-26(14-21(30)13-25(37)20-43(38,41-5-2)42-6-3)31(22(17-33)18-35-28)36-23-10-11-29(27(32)15-23)40-19-24-9-7-8-12-34-24/h7-12,14-16,18H,4-6,13,19-20H2,1-3H3,(H,35,36). The van der Waals surface area contributed by atoms with Gasteiger partial charge in [0.15, 0.2) is 0 Å². The molecule has 0 saturated heterocycles. The van der Waals surface area contributed by atoms with Crippen LogP contribution in [0.4, 0.5) is 11.4 Å². The van der Waals surface area contributed by atoms with Gasteiger partial charge in [-0.3, -0.25) is 19.3 Å². The van der Waals surface area contributed by atoms with Gasteiger partial charge >= 0.3 is 7.60 Å². The molecule has 0 spiro atoms. The molecule has 0 fully saturated rings. The maximum atomic E-state index is 13.1. The van der Waals surface area contributed by atoms with Crippen LogP contribution in [0, 0.1) is 11.3 Å². The van der Waals surface area contributed by atoms with Crippen molar-refractivity contribution in [1.82, 2.24) is 9.97 Å². The van der Waals surface area contributed by atoms with Crippen LogP contribution in [0.15, 0.2) is 60.9 Å². The number of benzene rings is 2. The van der Waals surface area contributed by atoms with E-state index in [-0.39, 0.29) is 43.8 Å². The average molecular weight is 623 g/mol. The lowest BCUT2D eigenvalue weighted by Gasteiger charge is -2.18. The first kappa shape index (κ1) is 31.9. The monoisotopic (exact) mass is 622 g/mol. The Bertz CT molecular complexity index is 1670. The Balaban J connectivity index is 1.65. The van der Waals surface area contributed by atoms with E-state index in [0.29, 0.717) is 51.0 Å². The Morgan fingerprint density at radius 3 is 2.44 bits per heavy atom. The molecule has 0 aliphatic carbocycles. The van der Waals surface area contributed by atoms with Crippen LogP contribution in [-0.4, -0.2) is 41.7 Å². The number of hydrogen-bond acceptors (Lipinski definition) is 10. The predicted octanol–water partition coefficient (Wildman–Crippen LogP) is 7.25. The fraction of sp³-hybridized carbons (Fsp3) is 0.290. The number of nitriles is 1. The molecule has 0 aliphatic rings. The summed E-state index contributed by atoms with van der Waals surface area (Å²) in [4.78, 5) is 21.8. The minimum Gasteiger partial charge on any atom is -0.494 e. The molecule has 0 bridgehead atoms. The van der Waals surface area contributed by atoms with Crippen molar-refractivity contribution >= 4 is 47.3 Å². The number of hydrogen-bond donors (Lipinski definition) is 1. The predicted molar refractivity (Wildman–Crippen MR) is 165 cm³/mol. The zero-order valence-corrected chi connectivity index (χ0v) is 25.8. The number of anilines is 2. The molecule has 0 radical (unpaired) electrons. The zero-order valence-electron chi connectivity index (χ0n) is 24.1. The van der Waals surface area contributed by atoms with E-state index in [1.54, 1.807) is 50.4 Å². The molecule has 2 aromatic heterocycles. The van der Waals surface area contributed by atoms with Crippen molar-refractivity contribution in [2.45, 2.75) is 33.8 Å². The van der Waals surface area contributed by atoms with E-state index in [2.05, 4.69) is 21.4 Å². The highest BCUT2D eigenvalue weighted by Gasteiger charge is 2.28. The number of carbonyl (C=O) groups is 1. The number of Topliss-reactive ketones (excluding diaryl/α,β-unsaturated/α-hetero) is 1. The third-order valence-corrected chi connectivity index (χ3v) is 8.52. The molecule has 0 unspecified atom stereocenters. The molecule has 0 amide bonds. The number of carbonyl (C=O) groups excluding carboxylic acids is 1. The van der Waals surface area contributed by atoms with E-state index >= 15 is 0 Å². The number of rotatable bonds is 15. The van der Waals surface area contributed by atoms with E-state index < -0.39 is 7.60 Å². The van der Waals surface area contributed by atoms with Crippen LogP contribution in [0.2, 0.25) is 5.02 Å². The normalized spacial score (nSPS) is 11.2. The fourth-order valence-electron chi connectivity index (χ4n) is 4.39. The summed E-state index contributed by atoms with van der Waals surface area (Å²) in [5, 5.41) is 14.1. The average Bonchev–Trinajstić information content (AvgIpc) is 2.98. The first-order chi connectivity index (χ1) is 20.8. The van der Waals surface area contributed by atoms with Crippen LogP contribution < -0.4 is 14.8 Å². The first-order valence-electron chi connectivity index (χ1n) is 13.8. The van der Waals surface area contributed by atoms with Gasteiger partial charge in [-0.1, -0.05) is 17.7 Å². The third-order valence-electron chi connectivity index (χ3n) is 6.18. The topological polar surface area (TPSA) is 133 Å². The lowest BCUT2D eigenvalue weighted by atomic mass is 10.0. The second-order valence-electron chi connectivity index (χ2n) is 9.27. The van der Waals surface area contributed by atoms with Gasteiger partial charge in [0.25, 0.3) is 0 Å². The number of pyridine rings is 2. The summed E-state index contributed by atoms with van der Waals surface area (Å²) in [5.74, 6) is 0.612. The van der Waals surface area contributed by atoms with Crippen molar-refractivity contribution in [2.24, 2.45) is 0 Å². The Kier molecular flexibility index (Phi) is 11.1. The first-order valence-corrected chi connectivity index (χ1v) is 15.9. The van der Waals surface area contributed by atoms with Crippen LogP contribution in [-0.2, 0) is 31.4 Å². The molecule has 12 heteroatoms. The summed E-state index contributed by atoms with van der Waals surface area (Å²) in [6, 6.07) is 16.4. The van der Waals surface area contributed by atoms with E-state index in [0.717, 1.165) is 5.69 Å². The molecule has 224 valence electrons. The second kappa shape index (κ2) is 14.9. The highest BCUT2D eigenvalue weighted by atomic mass is 35.5. The molecule has 10 nitrogen and oxygen atoms in total. The molecular weight excluding hydrogens is 591 g/mol. The largest absolute Gasteiger partial charge is 0.494 e. The van der Waals surface area contributed by atoms with Gasteiger partial charge in [-0.05, 0) is 57.2 Å². The number of ketones is 1. The lowest BCUT2D eigenvalue weighted by Crippen LogP contribution is -2.13. The van der Waals surface area contributed by atoms with Crippen molar-refractivity contribution in [3.63, 3.8) is 0 Å². The SMILES string of the molecule is CCOc1cc2ncc(C#N)c(Nc3ccc(OCc4ccccn4)c(Cl)c3)c2cc1CC(=O)CP(=O)(OCC)OCC. The van der Waals surface area contributed by atoms with Crippen LogP contribution in [0.5, 0.6) is 11.5 Å². The molecule has 4 aromatic rings. The van der Waals surface area contributed by atoms with Crippen LogP contribution >= 0.6 is 19.2 Å². The highest BCUT2D eigenvalue weighted by molar-refractivity contribution is 7.54. The molecule has 2 heterocycles. The maximum absolute atomic E-state index is 13.1. The molecule has 0 atom stereocenters. The second-order valence-corrected chi connectivity index (χ2v) is 11.7. The summed E-state index contributed by atoms with van der Waals surface area (Å²) < 4.78 is 35.2. The van der Waals surface area contributed by atoms with Gasteiger partial charge in [0, 0.05) is 41.5 Å². The maximum Gasteiger partial charge on any atom is 0.338 e. The number of ether oxygens (including phenoxy) is 2. The molecule has 43 heavy (non-hydrogen) atoms. The van der Waals surface area contributed by atoms with Gasteiger partial charge in [0.1, 0.15) is 36.1 Å². The molecule has 1 N–H and O–H groups in total. The summed E-state index contributed by atoms with van der Waals surface area (Å²) >= 11 is 6.53. The van der Waals surface area contributed by atoms with Gasteiger partial charge in [-0.25, -0.2) is 0 Å². The Morgan fingerprint density at radius 1 is 1.00 bits per heavy atom. The molecule has 4 rings (SSSR count). The van der Waals surface area contributed by atoms with Gasteiger partial charge in [-0.2, -0.15) is 5.26 Å². The third kappa shape index (κ3) is 8.31. The Hall–Kier alpha value is -4.00. The number of fused-ring (bicyclic) bond motifs is 1. The summed E-state index contributed by atoms with van der Waals surface area (Å²) in [7, 11) is -3.58. The van der Waals surface area contributed by atoms with Crippen molar-refractivity contribution in [2.75, 3.05) is 31.3 Å². The van der Waals surface area contributed by atoms with Crippen LogP contribution in [0.1, 0.15) is 37.6 Å². The summed E-state index contributed by atoms with van der Waals surface area (Å²) in [5.41, 5.74) is 3.25. The zero-order chi connectivity index (χ0) is 30.8. The number of halogens is 1. The summed E-state index contributed by atoms with van der Waals surface area (Å²) in [6.45, 7) is 6.15. The fourth-order valence-corrected chi connectivity index (χ4v) is 6.22. The van der Waals surface area contributed by atoms with Crippen molar-refractivity contribution < 1.29 is 27.9 Å². The highest BCUT2D eigenvalue weighted by Crippen LogP contribution is 2.48. The van der Waals surface area contributed by atoms with E-state index in [4.69, 9.17) is 30.1 Å². The van der Waals surface area contributed by atoms with Crippen molar-refractivity contribution in [3.8, 4) is 17.6 Å². The Morgan fingerprint density at radius 2 is 1.79 bits per heavy atom. The molecular formula is C31H32ClN4O6P. The van der Waals surface area contributed by atoms with Crippen LogP contribution in [0.3, 0.4) is 0 Å². The van der Waals surface area contributed by atoms with Gasteiger partial charge in [-0.15, -0.1) is 0 Å². The molecule has 2 aromatic carbocycles.